The van der Waals surface area contributed by atoms with Gasteiger partial charge in [0, 0.05) is 36.9 Å². The molecule has 0 radical (unpaired) electrons. The van der Waals surface area contributed by atoms with Crippen LogP contribution in [0, 0.1) is 0 Å². The predicted octanol–water partition coefficient (Wildman–Crippen LogP) is 3.05. The van der Waals surface area contributed by atoms with Crippen molar-refractivity contribution in [3.8, 4) is 0 Å². The summed E-state index contributed by atoms with van der Waals surface area (Å²) in [4.78, 5) is 24.8. The average Bonchev–Trinajstić information content (AvgIpc) is 2.56. The minimum Gasteiger partial charge on any atom is -0.325 e. The van der Waals surface area contributed by atoms with Crippen molar-refractivity contribution in [3.05, 3.63) is 59.1 Å². The quantitative estimate of drug-likeness (QED) is 0.846. The second-order valence-corrected chi connectivity index (χ2v) is 5.78. The Hall–Kier alpha value is -2.37. The molecule has 0 saturated carbocycles. The van der Waals surface area contributed by atoms with E-state index in [9.17, 15) is 9.59 Å². The van der Waals surface area contributed by atoms with Gasteiger partial charge >= 0.3 is 0 Å². The number of carbonyl (C=O) groups excluding carboxylic acids is 2. The molecular formula is C18H20ClN3O2. The van der Waals surface area contributed by atoms with E-state index in [1.807, 2.05) is 24.3 Å². The second kappa shape index (κ2) is 8.47. The lowest BCUT2D eigenvalue weighted by molar-refractivity contribution is -0.116. The highest BCUT2D eigenvalue weighted by Crippen LogP contribution is 2.17. The van der Waals surface area contributed by atoms with E-state index in [4.69, 9.17) is 11.6 Å². The molecule has 2 aromatic rings. The van der Waals surface area contributed by atoms with Crippen molar-refractivity contribution in [2.75, 3.05) is 23.8 Å². The van der Waals surface area contributed by atoms with Crippen LogP contribution in [0.5, 0.6) is 0 Å². The Morgan fingerprint density at radius 1 is 1.08 bits per heavy atom. The summed E-state index contributed by atoms with van der Waals surface area (Å²) in [5.74, 6) is -0.190. The monoisotopic (exact) mass is 345 g/mol. The minimum absolute atomic E-state index is 0.0458. The van der Waals surface area contributed by atoms with Crippen LogP contribution in [0.3, 0.4) is 0 Å². The zero-order chi connectivity index (χ0) is 17.5. The minimum atomic E-state index is -0.144. The SMILES string of the molecule is CC(=O)N(C)c1ccc(NC(=O)CNCc2ccccc2Cl)cc1. The van der Waals surface area contributed by atoms with E-state index < -0.39 is 0 Å². The lowest BCUT2D eigenvalue weighted by Crippen LogP contribution is -2.27. The fourth-order valence-electron chi connectivity index (χ4n) is 2.11. The Kier molecular flexibility index (Phi) is 6.35. The van der Waals surface area contributed by atoms with Crippen molar-refractivity contribution >= 4 is 34.8 Å². The van der Waals surface area contributed by atoms with E-state index >= 15 is 0 Å². The van der Waals surface area contributed by atoms with Crippen molar-refractivity contribution in [2.45, 2.75) is 13.5 Å². The number of nitrogens with one attached hydrogen (secondary N) is 2. The van der Waals surface area contributed by atoms with Gasteiger partial charge in [-0.25, -0.2) is 0 Å². The lowest BCUT2D eigenvalue weighted by atomic mass is 10.2. The van der Waals surface area contributed by atoms with Crippen molar-refractivity contribution in [2.24, 2.45) is 0 Å². The largest absolute Gasteiger partial charge is 0.325 e. The van der Waals surface area contributed by atoms with Crippen LogP contribution in [0.15, 0.2) is 48.5 Å². The Balaban J connectivity index is 1.82. The van der Waals surface area contributed by atoms with Gasteiger partial charge in [-0.15, -0.1) is 0 Å². The Morgan fingerprint density at radius 3 is 2.38 bits per heavy atom. The van der Waals surface area contributed by atoms with Gasteiger partial charge in [-0.05, 0) is 35.9 Å². The molecule has 0 fully saturated rings. The van der Waals surface area contributed by atoms with E-state index in [0.717, 1.165) is 11.3 Å². The van der Waals surface area contributed by atoms with Crippen LogP contribution in [0.1, 0.15) is 12.5 Å². The third-order valence-electron chi connectivity index (χ3n) is 3.57. The van der Waals surface area contributed by atoms with Crippen LogP contribution in [0.2, 0.25) is 5.02 Å². The summed E-state index contributed by atoms with van der Waals surface area (Å²) in [7, 11) is 1.70. The highest BCUT2D eigenvalue weighted by Gasteiger charge is 2.07. The molecule has 0 unspecified atom stereocenters. The van der Waals surface area contributed by atoms with Crippen molar-refractivity contribution < 1.29 is 9.59 Å². The summed E-state index contributed by atoms with van der Waals surface area (Å²) < 4.78 is 0. The van der Waals surface area contributed by atoms with Gasteiger partial charge in [0.05, 0.1) is 6.54 Å². The van der Waals surface area contributed by atoms with Crippen LogP contribution >= 0.6 is 11.6 Å². The van der Waals surface area contributed by atoms with Gasteiger partial charge in [0.1, 0.15) is 0 Å². The summed E-state index contributed by atoms with van der Waals surface area (Å²) in [5, 5.41) is 6.53. The molecule has 0 saturated heterocycles. The molecule has 0 aliphatic heterocycles. The van der Waals surface area contributed by atoms with Crippen LogP contribution in [0.25, 0.3) is 0 Å². The number of nitrogens with zero attached hydrogens (tertiary/aromatic N) is 1. The van der Waals surface area contributed by atoms with Gasteiger partial charge in [-0.2, -0.15) is 0 Å². The molecule has 0 spiro atoms. The van der Waals surface area contributed by atoms with Gasteiger partial charge in [0.15, 0.2) is 0 Å². The zero-order valence-corrected chi connectivity index (χ0v) is 14.4. The number of amides is 2. The molecule has 24 heavy (non-hydrogen) atoms. The van der Waals surface area contributed by atoms with Gasteiger partial charge in [-0.1, -0.05) is 29.8 Å². The topological polar surface area (TPSA) is 61.4 Å². The van der Waals surface area contributed by atoms with Crippen LogP contribution in [-0.4, -0.2) is 25.4 Å². The molecule has 5 nitrogen and oxygen atoms in total. The predicted molar refractivity (Wildman–Crippen MR) is 97.3 cm³/mol. The van der Waals surface area contributed by atoms with E-state index in [0.29, 0.717) is 17.3 Å². The van der Waals surface area contributed by atoms with E-state index in [2.05, 4.69) is 10.6 Å². The summed E-state index contributed by atoms with van der Waals surface area (Å²) >= 11 is 6.06. The molecule has 0 bridgehead atoms. The number of hydrogen-bond donors (Lipinski definition) is 2. The molecule has 126 valence electrons. The Bertz CT molecular complexity index is 716. The number of anilines is 2. The van der Waals surface area contributed by atoms with Crippen molar-refractivity contribution in [1.29, 1.82) is 0 Å². The van der Waals surface area contributed by atoms with Crippen LogP contribution in [-0.2, 0) is 16.1 Å². The molecule has 2 rings (SSSR count). The Labute approximate surface area is 146 Å². The third kappa shape index (κ3) is 5.08. The fraction of sp³-hybridized carbons (Fsp3) is 0.222. The van der Waals surface area contributed by atoms with Crippen LogP contribution < -0.4 is 15.5 Å². The standard InChI is InChI=1S/C18H20ClN3O2/c1-13(23)22(2)16-9-7-15(8-10-16)21-18(24)12-20-11-14-5-3-4-6-17(14)19/h3-10,20H,11-12H2,1-2H3,(H,21,24). The molecule has 2 aromatic carbocycles. The van der Waals surface area contributed by atoms with Crippen molar-refractivity contribution in [3.63, 3.8) is 0 Å². The highest BCUT2D eigenvalue weighted by atomic mass is 35.5. The van der Waals surface area contributed by atoms with Crippen molar-refractivity contribution in [1.82, 2.24) is 5.32 Å². The molecule has 0 atom stereocenters. The highest BCUT2D eigenvalue weighted by molar-refractivity contribution is 6.31. The molecule has 2 amide bonds. The third-order valence-corrected chi connectivity index (χ3v) is 3.94. The number of benzene rings is 2. The first-order valence-corrected chi connectivity index (χ1v) is 7.93. The molecule has 6 heteroatoms. The van der Waals surface area contributed by atoms with Crippen LogP contribution in [0.4, 0.5) is 11.4 Å². The first kappa shape index (κ1) is 18.0. The maximum Gasteiger partial charge on any atom is 0.238 e. The number of carbonyl (C=O) groups is 2. The summed E-state index contributed by atoms with van der Waals surface area (Å²) in [6, 6.07) is 14.6. The number of halogens is 1. The number of hydrogen-bond acceptors (Lipinski definition) is 3. The molecule has 0 aliphatic rings. The molecule has 0 heterocycles. The van der Waals surface area contributed by atoms with E-state index in [-0.39, 0.29) is 18.4 Å². The molecular weight excluding hydrogens is 326 g/mol. The maximum absolute atomic E-state index is 11.9. The first-order chi connectivity index (χ1) is 11.5. The Morgan fingerprint density at radius 2 is 1.75 bits per heavy atom. The fourth-order valence-corrected chi connectivity index (χ4v) is 2.31. The summed E-state index contributed by atoms with van der Waals surface area (Å²) in [6.07, 6.45) is 0. The lowest BCUT2D eigenvalue weighted by Gasteiger charge is -2.15. The van der Waals surface area contributed by atoms with Gasteiger partial charge in [-0.3, -0.25) is 9.59 Å². The number of rotatable bonds is 6. The smallest absolute Gasteiger partial charge is 0.238 e. The molecule has 2 N–H and O–H groups in total. The average molecular weight is 346 g/mol. The molecule has 0 aromatic heterocycles. The van der Waals surface area contributed by atoms with Gasteiger partial charge < -0.3 is 15.5 Å². The maximum atomic E-state index is 11.9. The summed E-state index contributed by atoms with van der Waals surface area (Å²) in [5.41, 5.74) is 2.40. The van der Waals surface area contributed by atoms with Gasteiger partial charge in [0.25, 0.3) is 0 Å². The first-order valence-electron chi connectivity index (χ1n) is 7.55. The zero-order valence-electron chi connectivity index (χ0n) is 13.7. The summed E-state index contributed by atoms with van der Waals surface area (Å²) in [6.45, 7) is 2.20. The van der Waals surface area contributed by atoms with Gasteiger partial charge in [0.2, 0.25) is 11.8 Å². The van der Waals surface area contributed by atoms with E-state index in [1.165, 1.54) is 11.8 Å². The normalized spacial score (nSPS) is 10.3. The van der Waals surface area contributed by atoms with E-state index in [1.54, 1.807) is 31.3 Å². The second-order valence-electron chi connectivity index (χ2n) is 5.37. The molecule has 0 aliphatic carbocycles.